The number of rotatable bonds is 3. The van der Waals surface area contributed by atoms with Crippen LogP contribution in [0.15, 0.2) is 24.3 Å². The predicted molar refractivity (Wildman–Crippen MR) is 73.3 cm³/mol. The van der Waals surface area contributed by atoms with Gasteiger partial charge in [0, 0.05) is 18.7 Å². The van der Waals surface area contributed by atoms with Gasteiger partial charge in [-0.15, -0.1) is 0 Å². The van der Waals surface area contributed by atoms with Crippen molar-refractivity contribution < 1.29 is 9.53 Å². The number of benzene rings is 1. The van der Waals surface area contributed by atoms with E-state index in [2.05, 4.69) is 5.32 Å². The van der Waals surface area contributed by atoms with Gasteiger partial charge in [-0.05, 0) is 32.0 Å². The van der Waals surface area contributed by atoms with Gasteiger partial charge in [-0.3, -0.25) is 4.79 Å². The van der Waals surface area contributed by atoms with E-state index in [1.165, 1.54) is 0 Å². The molecule has 0 bridgehead atoms. The third-order valence-corrected chi connectivity index (χ3v) is 4.09. The molecule has 2 aliphatic heterocycles. The van der Waals surface area contributed by atoms with E-state index in [4.69, 9.17) is 4.74 Å². The fourth-order valence-corrected chi connectivity index (χ4v) is 3.08. The lowest BCUT2D eigenvalue weighted by Gasteiger charge is -2.20. The Bertz CT molecular complexity index is 475. The van der Waals surface area contributed by atoms with Gasteiger partial charge in [-0.25, -0.2) is 0 Å². The van der Waals surface area contributed by atoms with Gasteiger partial charge >= 0.3 is 0 Å². The maximum atomic E-state index is 12.6. The molecule has 3 rings (SSSR count). The first-order valence-electron chi connectivity index (χ1n) is 6.94. The number of nitrogens with zero attached hydrogens (tertiary/aromatic N) is 1. The van der Waals surface area contributed by atoms with Gasteiger partial charge < -0.3 is 15.0 Å². The highest BCUT2D eigenvalue weighted by atomic mass is 16.5. The number of nitrogens with one attached hydrogen (secondary N) is 1. The third kappa shape index (κ3) is 2.32. The number of carbonyl (C=O) groups is 1. The molecule has 1 N–H and O–H groups in total. The van der Waals surface area contributed by atoms with E-state index in [1.54, 1.807) is 0 Å². The second-order valence-electron chi connectivity index (χ2n) is 5.40. The number of likely N-dealkylation sites (tertiary alicyclic amines) is 1. The fraction of sp³-hybridized carbons (Fsp3) is 0.533. The highest BCUT2D eigenvalue weighted by molar-refractivity contribution is 5.85. The number of para-hydroxylation sites is 1. The number of fused-ring (bicyclic) bond motifs is 1. The minimum atomic E-state index is -0.107. The van der Waals surface area contributed by atoms with Gasteiger partial charge in [0.05, 0.1) is 0 Å². The highest BCUT2D eigenvalue weighted by Crippen LogP contribution is 2.35. The monoisotopic (exact) mass is 260 g/mol. The largest absolute Gasteiger partial charge is 0.492 e. The minimum Gasteiger partial charge on any atom is -0.492 e. The van der Waals surface area contributed by atoms with Crippen LogP contribution < -0.4 is 10.1 Å². The van der Waals surface area contributed by atoms with E-state index in [0.29, 0.717) is 12.5 Å². The Morgan fingerprint density at radius 3 is 3.16 bits per heavy atom. The summed E-state index contributed by atoms with van der Waals surface area (Å²) in [6, 6.07) is 7.87. The molecule has 1 saturated heterocycles. The molecule has 0 unspecified atom stereocenters. The van der Waals surface area contributed by atoms with Crippen LogP contribution in [-0.2, 0) is 4.79 Å². The van der Waals surface area contributed by atoms with Crippen LogP contribution in [0.3, 0.4) is 0 Å². The Morgan fingerprint density at radius 2 is 2.32 bits per heavy atom. The van der Waals surface area contributed by atoms with Crippen molar-refractivity contribution >= 4 is 5.91 Å². The van der Waals surface area contributed by atoms with Crippen LogP contribution in [0.2, 0.25) is 0 Å². The fourth-order valence-electron chi connectivity index (χ4n) is 3.08. The number of carbonyl (C=O) groups excluding carboxylic acids is 1. The summed E-state index contributed by atoms with van der Waals surface area (Å²) in [6.45, 7) is 3.23. The van der Waals surface area contributed by atoms with Gasteiger partial charge in [-0.2, -0.15) is 0 Å². The molecule has 1 amide bonds. The maximum Gasteiger partial charge on any atom is 0.233 e. The Morgan fingerprint density at radius 1 is 1.47 bits per heavy atom. The maximum absolute atomic E-state index is 12.6. The van der Waals surface area contributed by atoms with Crippen molar-refractivity contribution in [2.24, 2.45) is 5.92 Å². The Balaban J connectivity index is 1.69. The van der Waals surface area contributed by atoms with Crippen molar-refractivity contribution in [1.82, 2.24) is 10.2 Å². The minimum absolute atomic E-state index is 0.107. The zero-order chi connectivity index (χ0) is 13.2. The Hall–Kier alpha value is -1.55. The van der Waals surface area contributed by atoms with Crippen molar-refractivity contribution in [3.8, 4) is 5.75 Å². The average Bonchev–Trinajstić information content (AvgIpc) is 3.05. The van der Waals surface area contributed by atoms with E-state index in [9.17, 15) is 4.79 Å². The number of hydrogen-bond acceptors (Lipinski definition) is 3. The zero-order valence-corrected chi connectivity index (χ0v) is 11.3. The van der Waals surface area contributed by atoms with E-state index >= 15 is 0 Å². The molecule has 1 aromatic carbocycles. The molecule has 0 spiro atoms. The van der Waals surface area contributed by atoms with E-state index in [1.807, 2.05) is 36.2 Å². The van der Waals surface area contributed by atoms with E-state index in [0.717, 1.165) is 37.4 Å². The second kappa shape index (κ2) is 5.21. The molecular weight excluding hydrogens is 240 g/mol. The average molecular weight is 260 g/mol. The lowest BCUT2D eigenvalue weighted by Crippen LogP contribution is -2.34. The summed E-state index contributed by atoms with van der Waals surface area (Å²) in [5.41, 5.74) is 1.05. The number of ether oxygens (including phenoxy) is 1. The lowest BCUT2D eigenvalue weighted by molar-refractivity contribution is -0.132. The highest BCUT2D eigenvalue weighted by Gasteiger charge is 2.35. The van der Waals surface area contributed by atoms with Crippen LogP contribution in [0.5, 0.6) is 5.75 Å². The van der Waals surface area contributed by atoms with Gasteiger partial charge in [0.25, 0.3) is 0 Å². The SMILES string of the molecule is CNC[C@@H]1CCN(C(=O)[C@H]2COc3ccccc32)C1. The summed E-state index contributed by atoms with van der Waals surface area (Å²) < 4.78 is 5.61. The normalized spacial score (nSPS) is 25.2. The summed E-state index contributed by atoms with van der Waals surface area (Å²) in [7, 11) is 1.96. The lowest BCUT2D eigenvalue weighted by atomic mass is 10.00. The van der Waals surface area contributed by atoms with Crippen LogP contribution in [0.1, 0.15) is 17.9 Å². The van der Waals surface area contributed by atoms with Crippen molar-refractivity contribution in [1.29, 1.82) is 0 Å². The van der Waals surface area contributed by atoms with Crippen molar-refractivity contribution in [2.75, 3.05) is 33.3 Å². The first kappa shape index (κ1) is 12.5. The molecular formula is C15H20N2O2. The predicted octanol–water partition coefficient (Wildman–Crippen LogP) is 1.23. The van der Waals surface area contributed by atoms with Crippen LogP contribution in [-0.4, -0.2) is 44.1 Å². The van der Waals surface area contributed by atoms with Gasteiger partial charge in [0.2, 0.25) is 5.91 Å². The van der Waals surface area contributed by atoms with E-state index < -0.39 is 0 Å². The van der Waals surface area contributed by atoms with Crippen LogP contribution >= 0.6 is 0 Å². The Kier molecular flexibility index (Phi) is 3.42. The summed E-state index contributed by atoms with van der Waals surface area (Å²) in [5, 5.41) is 3.19. The standard InChI is InChI=1S/C15H20N2O2/c1-16-8-11-6-7-17(9-11)15(18)13-10-19-14-5-3-2-4-12(13)14/h2-5,11,13,16H,6-10H2,1H3/t11-,13-/m0/s1. The second-order valence-corrected chi connectivity index (χ2v) is 5.40. The zero-order valence-electron chi connectivity index (χ0n) is 11.3. The van der Waals surface area contributed by atoms with Crippen LogP contribution in [0.25, 0.3) is 0 Å². The molecule has 0 aliphatic carbocycles. The molecule has 0 saturated carbocycles. The Labute approximate surface area is 113 Å². The van der Waals surface area contributed by atoms with Gasteiger partial charge in [0.15, 0.2) is 0 Å². The molecule has 4 heteroatoms. The van der Waals surface area contributed by atoms with Crippen molar-refractivity contribution in [3.05, 3.63) is 29.8 Å². The molecule has 1 fully saturated rings. The number of amides is 1. The molecule has 0 radical (unpaired) electrons. The summed E-state index contributed by atoms with van der Waals surface area (Å²) in [4.78, 5) is 14.6. The van der Waals surface area contributed by atoms with Gasteiger partial charge in [0.1, 0.15) is 18.3 Å². The molecule has 2 aliphatic rings. The van der Waals surface area contributed by atoms with Crippen molar-refractivity contribution in [2.45, 2.75) is 12.3 Å². The summed E-state index contributed by atoms with van der Waals surface area (Å²) >= 11 is 0. The molecule has 0 aromatic heterocycles. The van der Waals surface area contributed by atoms with Crippen molar-refractivity contribution in [3.63, 3.8) is 0 Å². The molecule has 1 aromatic rings. The molecule has 19 heavy (non-hydrogen) atoms. The third-order valence-electron chi connectivity index (χ3n) is 4.09. The molecule has 102 valence electrons. The summed E-state index contributed by atoms with van der Waals surface area (Å²) in [6.07, 6.45) is 1.10. The van der Waals surface area contributed by atoms with Gasteiger partial charge in [-0.1, -0.05) is 18.2 Å². The first-order valence-corrected chi connectivity index (χ1v) is 6.94. The first-order chi connectivity index (χ1) is 9.29. The quantitative estimate of drug-likeness (QED) is 0.889. The van der Waals surface area contributed by atoms with E-state index in [-0.39, 0.29) is 11.8 Å². The number of hydrogen-bond donors (Lipinski definition) is 1. The topological polar surface area (TPSA) is 41.6 Å². The van der Waals surface area contributed by atoms with Crippen LogP contribution in [0.4, 0.5) is 0 Å². The molecule has 2 heterocycles. The smallest absolute Gasteiger partial charge is 0.233 e. The van der Waals surface area contributed by atoms with Crippen LogP contribution in [0, 0.1) is 5.92 Å². The molecule has 2 atom stereocenters. The summed E-state index contributed by atoms with van der Waals surface area (Å²) in [5.74, 6) is 1.58. The molecule has 4 nitrogen and oxygen atoms in total.